The third kappa shape index (κ3) is 4.02. The number of nitro groups is 1. The van der Waals surface area contributed by atoms with Crippen LogP contribution in [-0.2, 0) is 0 Å². The van der Waals surface area contributed by atoms with Gasteiger partial charge in [0.2, 0.25) is 0 Å². The van der Waals surface area contributed by atoms with Gasteiger partial charge in [0.15, 0.2) is 5.75 Å². The van der Waals surface area contributed by atoms with Crippen molar-refractivity contribution >= 4 is 34.2 Å². The fraction of sp³-hybridized carbons (Fsp3) is 0.400. The standard InChI is InChI=1S/C10H12BrNO3S/c11-8-3-4-10(9(7-8)12(13)14)15-5-1-2-6-16/h3-4,7,16H,1-2,5-6H2. The van der Waals surface area contributed by atoms with Crippen LogP contribution in [-0.4, -0.2) is 17.3 Å². The zero-order valence-electron chi connectivity index (χ0n) is 8.56. The molecule has 1 aromatic rings. The minimum atomic E-state index is -0.446. The molecule has 0 heterocycles. The van der Waals surface area contributed by atoms with Crippen LogP contribution < -0.4 is 4.74 Å². The summed E-state index contributed by atoms with van der Waals surface area (Å²) in [5.41, 5.74) is -0.0137. The van der Waals surface area contributed by atoms with Crippen molar-refractivity contribution in [2.45, 2.75) is 12.8 Å². The molecule has 88 valence electrons. The van der Waals surface area contributed by atoms with E-state index in [0.29, 0.717) is 16.8 Å². The van der Waals surface area contributed by atoms with Crippen LogP contribution in [0.3, 0.4) is 0 Å². The molecule has 0 radical (unpaired) electrons. The number of benzene rings is 1. The molecule has 0 bridgehead atoms. The highest BCUT2D eigenvalue weighted by molar-refractivity contribution is 9.10. The van der Waals surface area contributed by atoms with Crippen molar-refractivity contribution in [3.8, 4) is 5.75 Å². The molecule has 0 aromatic heterocycles. The van der Waals surface area contributed by atoms with Crippen LogP contribution in [0.25, 0.3) is 0 Å². The summed E-state index contributed by atoms with van der Waals surface area (Å²) in [6, 6.07) is 4.76. The number of rotatable bonds is 6. The summed E-state index contributed by atoms with van der Waals surface area (Å²) in [5, 5.41) is 10.8. The molecular formula is C10H12BrNO3S. The lowest BCUT2D eigenvalue weighted by atomic mass is 10.3. The highest BCUT2D eigenvalue weighted by Crippen LogP contribution is 2.30. The molecule has 0 saturated heterocycles. The van der Waals surface area contributed by atoms with Gasteiger partial charge < -0.3 is 4.74 Å². The van der Waals surface area contributed by atoms with E-state index in [-0.39, 0.29) is 5.69 Å². The van der Waals surface area contributed by atoms with Crippen LogP contribution in [0.15, 0.2) is 22.7 Å². The van der Waals surface area contributed by atoms with Gasteiger partial charge in [0.1, 0.15) is 0 Å². The average Bonchev–Trinajstić information content (AvgIpc) is 2.26. The molecule has 0 amide bonds. The highest BCUT2D eigenvalue weighted by atomic mass is 79.9. The minimum Gasteiger partial charge on any atom is -0.487 e. The Labute approximate surface area is 108 Å². The number of hydrogen-bond acceptors (Lipinski definition) is 4. The minimum absolute atomic E-state index is 0.0137. The molecule has 0 N–H and O–H groups in total. The maximum absolute atomic E-state index is 10.8. The molecule has 0 saturated carbocycles. The number of thiol groups is 1. The molecule has 0 spiro atoms. The fourth-order valence-corrected chi connectivity index (χ4v) is 1.72. The monoisotopic (exact) mass is 305 g/mol. The van der Waals surface area contributed by atoms with Crippen molar-refractivity contribution < 1.29 is 9.66 Å². The first-order valence-corrected chi connectivity index (χ1v) is 6.25. The van der Waals surface area contributed by atoms with Crippen molar-refractivity contribution in [1.29, 1.82) is 0 Å². The van der Waals surface area contributed by atoms with Gasteiger partial charge in [-0.05, 0) is 30.7 Å². The van der Waals surface area contributed by atoms with Crippen LogP contribution in [0.2, 0.25) is 0 Å². The summed E-state index contributed by atoms with van der Waals surface area (Å²) in [7, 11) is 0. The van der Waals surface area contributed by atoms with Gasteiger partial charge >= 0.3 is 5.69 Å². The first-order valence-electron chi connectivity index (χ1n) is 4.82. The van der Waals surface area contributed by atoms with Crippen LogP contribution in [0, 0.1) is 10.1 Å². The Morgan fingerprint density at radius 1 is 1.44 bits per heavy atom. The zero-order chi connectivity index (χ0) is 12.0. The van der Waals surface area contributed by atoms with Crippen LogP contribution in [0.1, 0.15) is 12.8 Å². The Morgan fingerprint density at radius 3 is 2.81 bits per heavy atom. The van der Waals surface area contributed by atoms with Crippen molar-refractivity contribution in [3.05, 3.63) is 32.8 Å². The summed E-state index contributed by atoms with van der Waals surface area (Å²) in [5.74, 6) is 1.11. The predicted octanol–water partition coefficient (Wildman–Crippen LogP) is 3.45. The number of nitrogens with zero attached hydrogens (tertiary/aromatic N) is 1. The SMILES string of the molecule is O=[N+]([O-])c1cc(Br)ccc1OCCCCS. The summed E-state index contributed by atoms with van der Waals surface area (Å²) in [6.45, 7) is 0.475. The summed E-state index contributed by atoms with van der Waals surface area (Å²) < 4.78 is 6.03. The summed E-state index contributed by atoms with van der Waals surface area (Å²) >= 11 is 7.26. The molecule has 0 fully saturated rings. The normalized spacial score (nSPS) is 10.1. The Hall–Kier alpha value is -0.750. The summed E-state index contributed by atoms with van der Waals surface area (Å²) in [4.78, 5) is 10.3. The number of halogens is 1. The Balaban J connectivity index is 2.67. The Morgan fingerprint density at radius 2 is 2.19 bits per heavy atom. The van der Waals surface area contributed by atoms with E-state index in [1.165, 1.54) is 6.07 Å². The lowest BCUT2D eigenvalue weighted by molar-refractivity contribution is -0.385. The van der Waals surface area contributed by atoms with Gasteiger partial charge in [-0.2, -0.15) is 12.6 Å². The van der Waals surface area contributed by atoms with Gasteiger partial charge in [-0.15, -0.1) is 0 Å². The van der Waals surface area contributed by atoms with Gasteiger partial charge in [-0.3, -0.25) is 10.1 Å². The van der Waals surface area contributed by atoms with E-state index in [2.05, 4.69) is 28.6 Å². The Kier molecular flexibility index (Phi) is 5.62. The molecule has 0 aliphatic rings. The molecular weight excluding hydrogens is 294 g/mol. The largest absolute Gasteiger partial charge is 0.487 e. The summed E-state index contributed by atoms with van der Waals surface area (Å²) in [6.07, 6.45) is 1.78. The van der Waals surface area contributed by atoms with Crippen molar-refractivity contribution in [2.24, 2.45) is 0 Å². The topological polar surface area (TPSA) is 52.4 Å². The first kappa shape index (κ1) is 13.3. The van der Waals surface area contributed by atoms with Gasteiger partial charge in [-0.25, -0.2) is 0 Å². The molecule has 1 rings (SSSR count). The van der Waals surface area contributed by atoms with Gasteiger partial charge in [-0.1, -0.05) is 15.9 Å². The lowest BCUT2D eigenvalue weighted by Crippen LogP contribution is -2.00. The first-order chi connectivity index (χ1) is 7.65. The van der Waals surface area contributed by atoms with Crippen LogP contribution in [0.5, 0.6) is 5.75 Å². The molecule has 0 aliphatic carbocycles. The van der Waals surface area contributed by atoms with Crippen molar-refractivity contribution in [1.82, 2.24) is 0 Å². The second kappa shape index (κ2) is 6.75. The second-order valence-electron chi connectivity index (χ2n) is 3.15. The number of ether oxygens (including phenoxy) is 1. The third-order valence-corrected chi connectivity index (χ3v) is 2.74. The smallest absolute Gasteiger partial charge is 0.312 e. The molecule has 1 aromatic carbocycles. The molecule has 4 nitrogen and oxygen atoms in total. The van der Waals surface area contributed by atoms with E-state index in [1.807, 2.05) is 0 Å². The molecule has 0 unspecified atom stereocenters. The van der Waals surface area contributed by atoms with E-state index in [0.717, 1.165) is 18.6 Å². The number of hydrogen-bond donors (Lipinski definition) is 1. The van der Waals surface area contributed by atoms with E-state index in [4.69, 9.17) is 4.74 Å². The second-order valence-corrected chi connectivity index (χ2v) is 4.51. The molecule has 6 heteroatoms. The van der Waals surface area contributed by atoms with Crippen molar-refractivity contribution in [2.75, 3.05) is 12.4 Å². The lowest BCUT2D eigenvalue weighted by Gasteiger charge is -2.06. The number of nitro benzene ring substituents is 1. The maximum atomic E-state index is 10.8. The fourth-order valence-electron chi connectivity index (χ4n) is 1.15. The van der Waals surface area contributed by atoms with Gasteiger partial charge in [0, 0.05) is 10.5 Å². The molecule has 16 heavy (non-hydrogen) atoms. The Bertz CT molecular complexity index is 373. The van der Waals surface area contributed by atoms with Gasteiger partial charge in [0.05, 0.1) is 11.5 Å². The quantitative estimate of drug-likeness (QED) is 0.379. The maximum Gasteiger partial charge on any atom is 0.312 e. The van der Waals surface area contributed by atoms with Crippen molar-refractivity contribution in [3.63, 3.8) is 0 Å². The van der Waals surface area contributed by atoms with E-state index in [1.54, 1.807) is 12.1 Å². The van der Waals surface area contributed by atoms with E-state index < -0.39 is 4.92 Å². The van der Waals surface area contributed by atoms with Crippen LogP contribution >= 0.6 is 28.6 Å². The van der Waals surface area contributed by atoms with E-state index in [9.17, 15) is 10.1 Å². The molecule has 0 aliphatic heterocycles. The van der Waals surface area contributed by atoms with Gasteiger partial charge in [0.25, 0.3) is 0 Å². The highest BCUT2D eigenvalue weighted by Gasteiger charge is 2.14. The van der Waals surface area contributed by atoms with Crippen LogP contribution in [0.4, 0.5) is 5.69 Å². The average molecular weight is 306 g/mol. The molecule has 0 atom stereocenters. The zero-order valence-corrected chi connectivity index (χ0v) is 11.0. The predicted molar refractivity (Wildman–Crippen MR) is 69.4 cm³/mol. The van der Waals surface area contributed by atoms with E-state index >= 15 is 0 Å². The third-order valence-electron chi connectivity index (χ3n) is 1.93. The number of unbranched alkanes of at least 4 members (excludes halogenated alkanes) is 1.